The molecule has 3 heterocycles. The van der Waals surface area contributed by atoms with E-state index in [-0.39, 0.29) is 17.9 Å². The Bertz CT molecular complexity index is 1580. The molecule has 2 aromatic carbocycles. The lowest BCUT2D eigenvalue weighted by Gasteiger charge is -2.11. The summed E-state index contributed by atoms with van der Waals surface area (Å²) in [5.74, 6) is 0.0737. The molecule has 5 rings (SSSR count). The van der Waals surface area contributed by atoms with E-state index in [2.05, 4.69) is 15.2 Å². The van der Waals surface area contributed by atoms with E-state index in [4.69, 9.17) is 11.6 Å². The van der Waals surface area contributed by atoms with Crippen LogP contribution in [0, 0.1) is 0 Å². The van der Waals surface area contributed by atoms with Crippen molar-refractivity contribution in [2.45, 2.75) is 12.7 Å². The van der Waals surface area contributed by atoms with Crippen molar-refractivity contribution in [2.75, 3.05) is 0 Å². The third kappa shape index (κ3) is 4.35. The largest absolute Gasteiger partial charge is 0.508 e. The SMILES string of the molecule is O=c1n(Cc2ccc(C(F)(F)F)nc2)nc2c(-c3ccc(O)cc3)c(-c3ccc(Cl)cc3)cnn12. The average molecular weight is 498 g/mol. The Morgan fingerprint density at radius 2 is 1.60 bits per heavy atom. The van der Waals surface area contributed by atoms with Gasteiger partial charge >= 0.3 is 11.9 Å². The molecule has 35 heavy (non-hydrogen) atoms. The summed E-state index contributed by atoms with van der Waals surface area (Å²) in [6.45, 7) is -0.0986. The molecule has 0 spiro atoms. The number of benzene rings is 2. The monoisotopic (exact) mass is 497 g/mol. The summed E-state index contributed by atoms with van der Waals surface area (Å²) in [4.78, 5) is 16.5. The summed E-state index contributed by atoms with van der Waals surface area (Å²) in [7, 11) is 0. The normalized spacial score (nSPS) is 11.8. The van der Waals surface area contributed by atoms with Gasteiger partial charge in [0, 0.05) is 22.3 Å². The molecule has 0 saturated heterocycles. The number of nitrogens with zero attached hydrogens (tertiary/aromatic N) is 5. The van der Waals surface area contributed by atoms with Crippen molar-refractivity contribution in [3.05, 3.63) is 99.8 Å². The molecule has 7 nitrogen and oxygen atoms in total. The number of alkyl halides is 3. The fourth-order valence-corrected chi connectivity index (χ4v) is 3.81. The number of fused-ring (bicyclic) bond motifs is 1. The molecule has 0 aliphatic carbocycles. The van der Waals surface area contributed by atoms with Gasteiger partial charge in [0.2, 0.25) is 0 Å². The summed E-state index contributed by atoms with van der Waals surface area (Å²) >= 11 is 6.03. The van der Waals surface area contributed by atoms with Gasteiger partial charge in [-0.15, -0.1) is 5.10 Å². The van der Waals surface area contributed by atoms with Gasteiger partial charge in [-0.1, -0.05) is 41.9 Å². The lowest BCUT2D eigenvalue weighted by molar-refractivity contribution is -0.141. The number of aromatic nitrogens is 5. The van der Waals surface area contributed by atoms with Gasteiger partial charge in [-0.05, 0) is 47.0 Å². The van der Waals surface area contributed by atoms with Gasteiger partial charge < -0.3 is 5.11 Å². The van der Waals surface area contributed by atoms with Gasteiger partial charge in [-0.3, -0.25) is 4.98 Å². The highest BCUT2D eigenvalue weighted by molar-refractivity contribution is 6.30. The number of halogens is 4. The Hall–Kier alpha value is -4.18. The quantitative estimate of drug-likeness (QED) is 0.376. The number of aromatic hydroxyl groups is 1. The molecule has 0 unspecified atom stereocenters. The molecular formula is C24H15ClF3N5O2. The van der Waals surface area contributed by atoms with Crippen LogP contribution in [0.25, 0.3) is 27.9 Å². The van der Waals surface area contributed by atoms with Crippen molar-refractivity contribution in [1.82, 2.24) is 24.4 Å². The summed E-state index contributed by atoms with van der Waals surface area (Å²) in [6, 6.07) is 15.6. The highest BCUT2D eigenvalue weighted by Crippen LogP contribution is 2.35. The molecular weight excluding hydrogens is 483 g/mol. The fourth-order valence-electron chi connectivity index (χ4n) is 3.68. The van der Waals surface area contributed by atoms with Crippen molar-refractivity contribution in [2.24, 2.45) is 0 Å². The summed E-state index contributed by atoms with van der Waals surface area (Å²) in [5.41, 5.74) is 1.74. The summed E-state index contributed by atoms with van der Waals surface area (Å²) < 4.78 is 40.7. The van der Waals surface area contributed by atoms with E-state index in [1.807, 2.05) is 12.1 Å². The topological polar surface area (TPSA) is 85.3 Å². The van der Waals surface area contributed by atoms with Gasteiger partial charge in [-0.25, -0.2) is 9.48 Å². The van der Waals surface area contributed by atoms with Gasteiger partial charge in [-0.2, -0.15) is 22.8 Å². The smallest absolute Gasteiger partial charge is 0.433 e. The number of hydrogen-bond donors (Lipinski definition) is 1. The maximum Gasteiger partial charge on any atom is 0.433 e. The third-order valence-corrected chi connectivity index (χ3v) is 5.62. The second kappa shape index (κ2) is 8.55. The first-order valence-corrected chi connectivity index (χ1v) is 10.6. The van der Waals surface area contributed by atoms with Gasteiger partial charge in [0.05, 0.1) is 12.7 Å². The van der Waals surface area contributed by atoms with Crippen molar-refractivity contribution < 1.29 is 18.3 Å². The van der Waals surface area contributed by atoms with Crippen LogP contribution in [0.1, 0.15) is 11.3 Å². The van der Waals surface area contributed by atoms with Crippen molar-refractivity contribution in [3.63, 3.8) is 0 Å². The van der Waals surface area contributed by atoms with Gasteiger partial charge in [0.1, 0.15) is 11.4 Å². The molecule has 5 aromatic rings. The van der Waals surface area contributed by atoms with Crippen LogP contribution in [0.4, 0.5) is 13.2 Å². The number of hydrogen-bond acceptors (Lipinski definition) is 5. The Morgan fingerprint density at radius 1 is 0.914 bits per heavy atom. The molecule has 176 valence electrons. The predicted octanol–water partition coefficient (Wildman–Crippen LogP) is 5.05. The summed E-state index contributed by atoms with van der Waals surface area (Å²) in [5, 5.41) is 19.0. The molecule has 11 heteroatoms. The zero-order valence-electron chi connectivity index (χ0n) is 17.7. The van der Waals surface area contributed by atoms with E-state index in [9.17, 15) is 23.1 Å². The Morgan fingerprint density at radius 3 is 2.23 bits per heavy atom. The van der Waals surface area contributed by atoms with Gasteiger partial charge in [0.25, 0.3) is 0 Å². The molecule has 0 aliphatic rings. The molecule has 0 saturated carbocycles. The van der Waals surface area contributed by atoms with E-state index in [1.54, 1.807) is 24.3 Å². The first-order valence-electron chi connectivity index (χ1n) is 10.3. The zero-order chi connectivity index (χ0) is 24.7. The molecule has 0 atom stereocenters. The molecule has 0 fully saturated rings. The second-order valence-corrected chi connectivity index (χ2v) is 8.15. The third-order valence-electron chi connectivity index (χ3n) is 5.37. The van der Waals surface area contributed by atoms with E-state index >= 15 is 0 Å². The molecule has 0 aliphatic heterocycles. The zero-order valence-corrected chi connectivity index (χ0v) is 18.5. The van der Waals surface area contributed by atoms with Crippen LogP contribution in [0.2, 0.25) is 5.02 Å². The lowest BCUT2D eigenvalue weighted by atomic mass is 9.97. The van der Waals surface area contributed by atoms with Gasteiger partial charge in [0.15, 0.2) is 5.65 Å². The Labute approximate surface area is 200 Å². The highest BCUT2D eigenvalue weighted by Gasteiger charge is 2.32. The fraction of sp³-hybridized carbons (Fsp3) is 0.0833. The van der Waals surface area contributed by atoms with E-state index in [0.717, 1.165) is 27.0 Å². The first kappa shape index (κ1) is 22.6. The number of rotatable bonds is 4. The Balaban J connectivity index is 1.66. The maximum atomic E-state index is 13.0. The van der Waals surface area contributed by atoms with Crippen LogP contribution >= 0.6 is 11.6 Å². The minimum absolute atomic E-state index is 0.0737. The van der Waals surface area contributed by atoms with Crippen molar-refractivity contribution in [1.29, 1.82) is 0 Å². The minimum Gasteiger partial charge on any atom is -0.508 e. The second-order valence-electron chi connectivity index (χ2n) is 7.71. The molecule has 1 N–H and O–H groups in total. The number of phenols is 1. The Kier molecular flexibility index (Phi) is 5.52. The molecule has 0 radical (unpaired) electrons. The molecule has 0 amide bonds. The van der Waals surface area contributed by atoms with E-state index in [0.29, 0.717) is 27.3 Å². The van der Waals surface area contributed by atoms with Crippen LogP contribution in [0.15, 0.2) is 77.9 Å². The standard InChI is InChI=1S/C24H15ClF3N5O2/c25-17-6-2-15(3-7-17)19-12-30-33-22(21(19)16-4-8-18(34)9-5-16)31-32(23(33)35)13-14-1-10-20(29-11-14)24(26,27)28/h1-12,34H,13H2. The lowest BCUT2D eigenvalue weighted by Crippen LogP contribution is -2.23. The van der Waals surface area contributed by atoms with Crippen molar-refractivity contribution >= 4 is 17.2 Å². The highest BCUT2D eigenvalue weighted by atomic mass is 35.5. The van der Waals surface area contributed by atoms with E-state index < -0.39 is 17.6 Å². The first-order chi connectivity index (χ1) is 16.7. The number of pyridine rings is 1. The van der Waals surface area contributed by atoms with E-state index in [1.165, 1.54) is 24.4 Å². The van der Waals surface area contributed by atoms with Crippen LogP contribution in [0.3, 0.4) is 0 Å². The van der Waals surface area contributed by atoms with Crippen LogP contribution < -0.4 is 5.69 Å². The van der Waals surface area contributed by atoms with Crippen LogP contribution in [-0.2, 0) is 12.7 Å². The van der Waals surface area contributed by atoms with Crippen LogP contribution in [0.5, 0.6) is 5.75 Å². The molecule has 3 aromatic heterocycles. The minimum atomic E-state index is -4.56. The molecule has 0 bridgehead atoms. The van der Waals surface area contributed by atoms with Crippen LogP contribution in [-0.4, -0.2) is 29.5 Å². The summed E-state index contributed by atoms with van der Waals surface area (Å²) in [6.07, 6.45) is -1.96. The predicted molar refractivity (Wildman–Crippen MR) is 123 cm³/mol. The number of phenolic OH excluding ortho intramolecular Hbond substituents is 1. The average Bonchev–Trinajstić information content (AvgIpc) is 3.14. The van der Waals surface area contributed by atoms with Crippen molar-refractivity contribution in [3.8, 4) is 28.0 Å². The maximum absolute atomic E-state index is 13.0.